The van der Waals surface area contributed by atoms with Crippen molar-refractivity contribution in [2.24, 2.45) is 5.92 Å². The Balaban J connectivity index is 1.14. The number of carbonyl (C=O) groups is 2. The van der Waals surface area contributed by atoms with Gasteiger partial charge in [-0.2, -0.15) is 0 Å². The van der Waals surface area contributed by atoms with Crippen LogP contribution < -0.4 is 25.4 Å². The number of methoxy groups -OCH3 is 1. The maximum absolute atomic E-state index is 13.8. The summed E-state index contributed by atoms with van der Waals surface area (Å²) in [5.41, 5.74) is 4.01. The molecule has 232 valence electrons. The first-order chi connectivity index (χ1) is 21.9. The fourth-order valence-corrected chi connectivity index (χ4v) is 7.29. The largest absolute Gasteiger partial charge is 0.495 e. The Bertz CT molecular complexity index is 1810. The SMILES string of the molecule is COc1ccccc1N1CCN(C(=O)c2ccc(N3C[C@@H]4C[C@@H](C3)c3cccc(=O)n3C4)c(NC(=O)c3ccc(Br)o3)c2)CC1. The molecule has 2 amide bonds. The number of pyridine rings is 1. The van der Waals surface area contributed by atoms with Gasteiger partial charge in [0.25, 0.3) is 17.4 Å². The molecule has 7 rings (SSSR count). The number of aromatic nitrogens is 1. The molecule has 2 saturated heterocycles. The summed E-state index contributed by atoms with van der Waals surface area (Å²) < 4.78 is 13.4. The van der Waals surface area contributed by atoms with Gasteiger partial charge < -0.3 is 33.7 Å². The van der Waals surface area contributed by atoms with Gasteiger partial charge in [-0.05, 0) is 76.8 Å². The van der Waals surface area contributed by atoms with Crippen LogP contribution in [0.15, 0.2) is 86.7 Å². The third-order valence-electron chi connectivity index (χ3n) is 9.10. The van der Waals surface area contributed by atoms with E-state index in [2.05, 4.69) is 31.0 Å². The van der Waals surface area contributed by atoms with E-state index in [1.165, 1.54) is 0 Å². The predicted molar refractivity (Wildman–Crippen MR) is 176 cm³/mol. The highest BCUT2D eigenvalue weighted by Crippen LogP contribution is 2.39. The van der Waals surface area contributed by atoms with Crippen molar-refractivity contribution in [1.82, 2.24) is 9.47 Å². The molecular weight excluding hydrogens is 638 g/mol. The van der Waals surface area contributed by atoms with Crippen LogP contribution in [0.1, 0.15) is 38.9 Å². The van der Waals surface area contributed by atoms with E-state index in [-0.39, 0.29) is 23.1 Å². The number of piperazine rings is 1. The Hall–Kier alpha value is -4.51. The van der Waals surface area contributed by atoms with Crippen LogP contribution in [0.3, 0.4) is 0 Å². The molecule has 2 aromatic carbocycles. The second-order valence-corrected chi connectivity index (χ2v) is 12.6. The molecule has 1 N–H and O–H groups in total. The average Bonchev–Trinajstić information content (AvgIpc) is 3.51. The summed E-state index contributed by atoms with van der Waals surface area (Å²) in [5.74, 6) is 0.987. The van der Waals surface area contributed by atoms with E-state index in [1.54, 1.807) is 31.4 Å². The zero-order valence-corrected chi connectivity index (χ0v) is 26.5. The molecule has 45 heavy (non-hydrogen) atoms. The Kier molecular flexibility index (Phi) is 7.87. The molecule has 11 heteroatoms. The zero-order valence-electron chi connectivity index (χ0n) is 24.9. The number of furan rings is 1. The van der Waals surface area contributed by atoms with Gasteiger partial charge in [0.15, 0.2) is 10.4 Å². The van der Waals surface area contributed by atoms with Gasteiger partial charge in [0, 0.05) is 69.1 Å². The van der Waals surface area contributed by atoms with Crippen LogP contribution in [0, 0.1) is 5.92 Å². The molecule has 0 spiro atoms. The van der Waals surface area contributed by atoms with E-state index in [0.717, 1.165) is 35.8 Å². The molecule has 5 heterocycles. The van der Waals surface area contributed by atoms with E-state index < -0.39 is 5.91 Å². The first-order valence-corrected chi connectivity index (χ1v) is 16.0. The van der Waals surface area contributed by atoms with E-state index in [0.29, 0.717) is 61.1 Å². The minimum absolute atomic E-state index is 0.0415. The number of anilines is 3. The van der Waals surface area contributed by atoms with Crippen molar-refractivity contribution < 1.29 is 18.7 Å². The van der Waals surface area contributed by atoms with Crippen LogP contribution in [0.2, 0.25) is 0 Å². The molecule has 2 atom stereocenters. The minimum atomic E-state index is -0.397. The van der Waals surface area contributed by atoms with Gasteiger partial charge in [-0.25, -0.2) is 0 Å². The lowest BCUT2D eigenvalue weighted by molar-refractivity contribution is 0.0746. The lowest BCUT2D eigenvalue weighted by Crippen LogP contribution is -2.49. The van der Waals surface area contributed by atoms with Crippen molar-refractivity contribution in [2.75, 3.05) is 61.5 Å². The van der Waals surface area contributed by atoms with Crippen LogP contribution in [0.5, 0.6) is 5.75 Å². The predicted octanol–water partition coefficient (Wildman–Crippen LogP) is 5.05. The molecule has 3 aliphatic rings. The number of carbonyl (C=O) groups excluding carboxylic acids is 2. The summed E-state index contributed by atoms with van der Waals surface area (Å²) in [5, 5.41) is 3.03. The Morgan fingerprint density at radius 1 is 0.889 bits per heavy atom. The topological polar surface area (TPSA) is 100 Å². The highest BCUT2D eigenvalue weighted by molar-refractivity contribution is 9.10. The normalized spacial score (nSPS) is 19.2. The van der Waals surface area contributed by atoms with Gasteiger partial charge in [0.2, 0.25) is 0 Å². The van der Waals surface area contributed by atoms with E-state index in [9.17, 15) is 14.4 Å². The van der Waals surface area contributed by atoms with Crippen LogP contribution in [0.25, 0.3) is 0 Å². The smallest absolute Gasteiger partial charge is 0.291 e. The van der Waals surface area contributed by atoms with Crippen LogP contribution in [-0.2, 0) is 6.54 Å². The summed E-state index contributed by atoms with van der Waals surface area (Å²) >= 11 is 3.27. The van der Waals surface area contributed by atoms with E-state index >= 15 is 0 Å². The van der Waals surface area contributed by atoms with Crippen molar-refractivity contribution >= 4 is 44.8 Å². The summed E-state index contributed by atoms with van der Waals surface area (Å²) in [6.45, 7) is 4.61. The third-order valence-corrected chi connectivity index (χ3v) is 9.53. The van der Waals surface area contributed by atoms with Crippen LogP contribution in [-0.4, -0.2) is 67.7 Å². The van der Waals surface area contributed by atoms with Crippen molar-refractivity contribution in [3.05, 3.63) is 105 Å². The van der Waals surface area contributed by atoms with Gasteiger partial charge in [0.1, 0.15) is 5.75 Å². The molecule has 0 saturated carbocycles. The van der Waals surface area contributed by atoms with Gasteiger partial charge >= 0.3 is 0 Å². The number of hydrogen-bond donors (Lipinski definition) is 1. The van der Waals surface area contributed by atoms with Gasteiger partial charge in [-0.3, -0.25) is 14.4 Å². The quantitative estimate of drug-likeness (QED) is 0.306. The van der Waals surface area contributed by atoms with Gasteiger partial charge in [-0.15, -0.1) is 0 Å². The number of hydrogen-bond acceptors (Lipinski definition) is 7. The fraction of sp³-hybridized carbons (Fsp3) is 0.324. The van der Waals surface area contributed by atoms with Crippen LogP contribution in [0.4, 0.5) is 17.1 Å². The highest BCUT2D eigenvalue weighted by atomic mass is 79.9. The molecule has 0 unspecified atom stereocenters. The van der Waals surface area contributed by atoms with Crippen molar-refractivity contribution in [3.63, 3.8) is 0 Å². The number of benzene rings is 2. The van der Waals surface area contributed by atoms with Crippen molar-refractivity contribution in [2.45, 2.75) is 18.9 Å². The first-order valence-electron chi connectivity index (χ1n) is 15.2. The Morgan fingerprint density at radius 3 is 2.49 bits per heavy atom. The average molecular weight is 673 g/mol. The summed E-state index contributed by atoms with van der Waals surface area (Å²) in [4.78, 5) is 46.0. The number of amides is 2. The molecule has 0 radical (unpaired) electrons. The maximum Gasteiger partial charge on any atom is 0.291 e. The van der Waals surface area contributed by atoms with Crippen molar-refractivity contribution in [1.29, 1.82) is 0 Å². The zero-order chi connectivity index (χ0) is 31.1. The molecule has 10 nitrogen and oxygen atoms in total. The van der Waals surface area contributed by atoms with Crippen LogP contribution >= 0.6 is 15.9 Å². The number of ether oxygens (including phenoxy) is 1. The van der Waals surface area contributed by atoms with E-state index in [4.69, 9.17) is 9.15 Å². The number of piperidine rings is 1. The molecule has 0 aliphatic carbocycles. The number of rotatable bonds is 6. The standard InChI is InChI=1S/C34H34BrN5O5/c1-44-29-7-3-2-5-28(29)37-13-15-38(16-14-37)34(43)23-9-10-27(25(18-23)36-33(42)30-11-12-31(35)45-30)39-19-22-17-24(21-39)26-6-4-8-32(41)40(26)20-22/h2-12,18,22,24H,13-17,19-21H2,1H3,(H,36,42)/t22-,24-/m0/s1. The second kappa shape index (κ2) is 12.1. The second-order valence-electron chi connectivity index (χ2n) is 11.8. The molecule has 2 aromatic heterocycles. The summed E-state index contributed by atoms with van der Waals surface area (Å²) in [7, 11) is 1.67. The number of nitrogens with zero attached hydrogens (tertiary/aromatic N) is 4. The minimum Gasteiger partial charge on any atom is -0.495 e. The molecule has 2 bridgehead atoms. The number of nitrogens with one attached hydrogen (secondary N) is 1. The fourth-order valence-electron chi connectivity index (χ4n) is 6.98. The lowest BCUT2D eigenvalue weighted by atomic mass is 9.83. The molecule has 3 aliphatic heterocycles. The monoisotopic (exact) mass is 671 g/mol. The summed E-state index contributed by atoms with van der Waals surface area (Å²) in [6.07, 6.45) is 1.01. The van der Waals surface area contributed by atoms with E-state index in [1.807, 2.05) is 58.0 Å². The molecule has 4 aromatic rings. The third kappa shape index (κ3) is 5.72. The Labute approximate surface area is 269 Å². The van der Waals surface area contributed by atoms with Crippen molar-refractivity contribution in [3.8, 4) is 5.75 Å². The lowest BCUT2D eigenvalue weighted by Gasteiger charge is -2.44. The highest BCUT2D eigenvalue weighted by Gasteiger charge is 2.36. The summed E-state index contributed by atoms with van der Waals surface area (Å²) in [6, 6.07) is 22.3. The first kappa shape index (κ1) is 29.2. The number of halogens is 1. The number of para-hydroxylation sites is 2. The molecule has 2 fully saturated rings. The van der Waals surface area contributed by atoms with Gasteiger partial charge in [0.05, 0.1) is 24.2 Å². The maximum atomic E-state index is 13.8. The Morgan fingerprint density at radius 2 is 1.71 bits per heavy atom. The molecular formula is C34H34BrN5O5. The van der Waals surface area contributed by atoms with Gasteiger partial charge in [-0.1, -0.05) is 18.2 Å². The number of fused-ring (bicyclic) bond motifs is 4.